The fourth-order valence-electron chi connectivity index (χ4n) is 2.00. The Labute approximate surface area is 115 Å². The minimum absolute atomic E-state index is 0.235. The molecule has 1 aliphatic rings. The summed E-state index contributed by atoms with van der Waals surface area (Å²) in [6.07, 6.45) is 0. The van der Waals surface area contributed by atoms with Gasteiger partial charge in [-0.3, -0.25) is 4.21 Å². The van der Waals surface area contributed by atoms with Gasteiger partial charge in [-0.2, -0.15) is 15.0 Å². The van der Waals surface area contributed by atoms with Crippen LogP contribution in [0.2, 0.25) is 0 Å². The van der Waals surface area contributed by atoms with Crippen molar-refractivity contribution in [2.45, 2.75) is 13.8 Å². The largest absolute Gasteiger partial charge is 0.368 e. The second-order valence-corrected chi connectivity index (χ2v) is 6.00. The number of nitrogens with zero attached hydrogens (tertiary/aromatic N) is 5. The number of nitrogen functional groups attached to an aromatic ring is 1. The van der Waals surface area contributed by atoms with Gasteiger partial charge in [0.05, 0.1) is 0 Å². The lowest BCUT2D eigenvalue weighted by Crippen LogP contribution is -2.39. The maximum Gasteiger partial charge on any atom is 0.232 e. The topological polar surface area (TPSA) is 88.2 Å². The molecule has 1 aromatic heterocycles. The summed E-state index contributed by atoms with van der Waals surface area (Å²) < 4.78 is 11.4. The normalized spacial score (nSPS) is 16.6. The highest BCUT2D eigenvalue weighted by atomic mass is 32.2. The monoisotopic (exact) mass is 284 g/mol. The number of rotatable bonds is 4. The van der Waals surface area contributed by atoms with E-state index in [9.17, 15) is 4.21 Å². The molecule has 0 atom stereocenters. The van der Waals surface area contributed by atoms with E-state index in [1.54, 1.807) is 0 Å². The van der Waals surface area contributed by atoms with Crippen LogP contribution < -0.4 is 15.5 Å². The van der Waals surface area contributed by atoms with Gasteiger partial charge in [0.1, 0.15) is 0 Å². The van der Waals surface area contributed by atoms with Crippen LogP contribution in [0, 0.1) is 0 Å². The molecule has 0 unspecified atom stereocenters. The Morgan fingerprint density at radius 1 is 1.21 bits per heavy atom. The fraction of sp³-hybridized carbons (Fsp3) is 0.727. The van der Waals surface area contributed by atoms with Crippen molar-refractivity contribution in [2.75, 3.05) is 53.2 Å². The Morgan fingerprint density at radius 3 is 2.42 bits per heavy atom. The lowest BCUT2D eigenvalue weighted by Gasteiger charge is -2.27. The predicted molar refractivity (Wildman–Crippen MR) is 77.9 cm³/mol. The van der Waals surface area contributed by atoms with Gasteiger partial charge in [0.15, 0.2) is 0 Å². The lowest BCUT2D eigenvalue weighted by atomic mass is 10.5. The first-order chi connectivity index (χ1) is 9.13. The molecular weight excluding hydrogens is 264 g/mol. The smallest absolute Gasteiger partial charge is 0.232 e. The molecule has 0 spiro atoms. The van der Waals surface area contributed by atoms with Crippen molar-refractivity contribution in [1.29, 1.82) is 0 Å². The molecule has 2 heterocycles. The predicted octanol–water partition coefficient (Wildman–Crippen LogP) is -0.131. The molecule has 1 fully saturated rings. The van der Waals surface area contributed by atoms with Crippen molar-refractivity contribution in [3.8, 4) is 0 Å². The minimum Gasteiger partial charge on any atom is -0.368 e. The van der Waals surface area contributed by atoms with Gasteiger partial charge >= 0.3 is 0 Å². The lowest BCUT2D eigenvalue weighted by molar-refractivity contribution is 0.670. The van der Waals surface area contributed by atoms with E-state index in [2.05, 4.69) is 15.0 Å². The third-order valence-corrected chi connectivity index (χ3v) is 4.41. The van der Waals surface area contributed by atoms with Crippen molar-refractivity contribution in [3.63, 3.8) is 0 Å². The van der Waals surface area contributed by atoms with Gasteiger partial charge in [-0.05, 0) is 13.8 Å². The fourth-order valence-corrected chi connectivity index (χ4v) is 3.05. The summed E-state index contributed by atoms with van der Waals surface area (Å²) in [5.41, 5.74) is 5.77. The minimum atomic E-state index is -0.712. The summed E-state index contributed by atoms with van der Waals surface area (Å²) in [5, 5.41) is 0. The van der Waals surface area contributed by atoms with Crippen molar-refractivity contribution in [1.82, 2.24) is 15.0 Å². The molecule has 2 N–H and O–H groups in total. The van der Waals surface area contributed by atoms with Gasteiger partial charge in [-0.15, -0.1) is 0 Å². The van der Waals surface area contributed by atoms with Crippen LogP contribution >= 0.6 is 0 Å². The Balaban J connectivity index is 2.23. The van der Waals surface area contributed by atoms with Crippen LogP contribution in [0.15, 0.2) is 0 Å². The van der Waals surface area contributed by atoms with Crippen molar-refractivity contribution < 1.29 is 4.21 Å². The summed E-state index contributed by atoms with van der Waals surface area (Å²) in [6.45, 7) is 7.15. The van der Waals surface area contributed by atoms with Gasteiger partial charge in [-0.1, -0.05) is 0 Å². The molecule has 2 rings (SSSR count). The van der Waals surface area contributed by atoms with Crippen LogP contribution in [0.4, 0.5) is 17.8 Å². The van der Waals surface area contributed by atoms with Gasteiger partial charge in [0.2, 0.25) is 17.8 Å². The Hall–Kier alpha value is -1.44. The third kappa shape index (κ3) is 3.31. The maximum absolute atomic E-state index is 11.4. The maximum atomic E-state index is 11.4. The molecule has 1 aliphatic heterocycles. The van der Waals surface area contributed by atoms with Crippen LogP contribution in [0.1, 0.15) is 13.8 Å². The van der Waals surface area contributed by atoms with Gasteiger partial charge in [0.25, 0.3) is 0 Å². The quantitative estimate of drug-likeness (QED) is 0.823. The first-order valence-electron chi connectivity index (χ1n) is 6.50. The molecule has 0 radical (unpaired) electrons. The van der Waals surface area contributed by atoms with Crippen molar-refractivity contribution in [3.05, 3.63) is 0 Å². The highest BCUT2D eigenvalue weighted by molar-refractivity contribution is 7.85. The molecule has 7 nitrogen and oxygen atoms in total. The summed E-state index contributed by atoms with van der Waals surface area (Å²) >= 11 is 0. The van der Waals surface area contributed by atoms with E-state index < -0.39 is 10.8 Å². The van der Waals surface area contributed by atoms with E-state index in [-0.39, 0.29) is 5.95 Å². The van der Waals surface area contributed by atoms with Gasteiger partial charge < -0.3 is 15.5 Å². The third-order valence-electron chi connectivity index (χ3n) is 3.14. The molecule has 0 bridgehead atoms. The van der Waals surface area contributed by atoms with E-state index >= 15 is 0 Å². The summed E-state index contributed by atoms with van der Waals surface area (Å²) in [7, 11) is -0.712. The number of aromatic nitrogens is 3. The van der Waals surface area contributed by atoms with Crippen LogP contribution in [0.5, 0.6) is 0 Å². The zero-order chi connectivity index (χ0) is 13.8. The molecule has 0 saturated carbocycles. The summed E-state index contributed by atoms with van der Waals surface area (Å²) in [4.78, 5) is 16.9. The number of hydrogen-bond acceptors (Lipinski definition) is 7. The molecule has 19 heavy (non-hydrogen) atoms. The summed E-state index contributed by atoms with van der Waals surface area (Å²) in [6, 6.07) is 0. The van der Waals surface area contributed by atoms with E-state index in [1.807, 2.05) is 23.6 Å². The van der Waals surface area contributed by atoms with Crippen LogP contribution in [-0.4, -0.2) is 56.8 Å². The van der Waals surface area contributed by atoms with Gasteiger partial charge in [-0.25, -0.2) is 0 Å². The number of nitrogens with two attached hydrogens (primary N) is 1. The first kappa shape index (κ1) is 14.0. The Kier molecular flexibility index (Phi) is 4.52. The Morgan fingerprint density at radius 2 is 1.84 bits per heavy atom. The van der Waals surface area contributed by atoms with Crippen LogP contribution in [-0.2, 0) is 10.8 Å². The molecule has 1 aromatic rings. The van der Waals surface area contributed by atoms with Crippen LogP contribution in [0.25, 0.3) is 0 Å². The molecule has 1 saturated heterocycles. The molecule has 0 aromatic carbocycles. The van der Waals surface area contributed by atoms with E-state index in [0.717, 1.165) is 13.1 Å². The van der Waals surface area contributed by atoms with Crippen molar-refractivity contribution >= 4 is 28.6 Å². The second-order valence-electron chi connectivity index (χ2n) is 4.30. The number of anilines is 3. The van der Waals surface area contributed by atoms with E-state index in [4.69, 9.17) is 5.73 Å². The van der Waals surface area contributed by atoms with Crippen molar-refractivity contribution in [2.24, 2.45) is 0 Å². The first-order valence-corrected chi connectivity index (χ1v) is 7.99. The molecule has 8 heteroatoms. The molecular formula is C11H20N6OS. The van der Waals surface area contributed by atoms with E-state index in [0.29, 0.717) is 36.5 Å². The second kappa shape index (κ2) is 6.14. The van der Waals surface area contributed by atoms with E-state index in [1.165, 1.54) is 0 Å². The zero-order valence-corrected chi connectivity index (χ0v) is 12.2. The Bertz CT molecular complexity index is 454. The van der Waals surface area contributed by atoms with Crippen LogP contribution in [0.3, 0.4) is 0 Å². The SMILES string of the molecule is CCN(CC)c1nc(N)nc(N2CCS(=O)CC2)n1. The molecule has 106 valence electrons. The average Bonchev–Trinajstić information content (AvgIpc) is 2.40. The standard InChI is InChI=1S/C11H20N6OS/c1-3-16(4-2)10-13-9(12)14-11(15-10)17-5-7-19(18)8-6-17/h3-8H2,1-2H3,(H2,12,13,14,15). The van der Waals surface area contributed by atoms with Gasteiger partial charge in [0, 0.05) is 48.5 Å². The molecule has 0 amide bonds. The summed E-state index contributed by atoms with van der Waals surface area (Å²) in [5.74, 6) is 2.75. The molecule has 0 aliphatic carbocycles. The zero-order valence-electron chi connectivity index (χ0n) is 11.4. The number of hydrogen-bond donors (Lipinski definition) is 1. The average molecular weight is 284 g/mol. The highest BCUT2D eigenvalue weighted by Gasteiger charge is 2.19. The highest BCUT2D eigenvalue weighted by Crippen LogP contribution is 2.16.